The largest absolute Gasteiger partial charge is 0.487 e. The van der Waals surface area contributed by atoms with Crippen LogP contribution in [0.3, 0.4) is 0 Å². The van der Waals surface area contributed by atoms with Gasteiger partial charge in [0, 0.05) is 5.56 Å². The molecule has 4 N–H and O–H groups in total. The van der Waals surface area contributed by atoms with E-state index in [0.717, 1.165) is 40.8 Å². The SMILES string of the molecule is Cc1c(C)c2c(c(C)c1O[C@@H]1O[C@H](CO)[C@H](O)[C@H](O)[C@H]1O)CCC(C)(C)O2. The highest BCUT2D eigenvalue weighted by molar-refractivity contribution is 5.59. The average molecular weight is 382 g/mol. The molecular formula is C20H30O7. The van der Waals surface area contributed by atoms with Crippen molar-refractivity contribution < 1.29 is 34.6 Å². The number of hydrogen-bond acceptors (Lipinski definition) is 7. The maximum atomic E-state index is 10.3. The zero-order chi connectivity index (χ0) is 20.1. The molecule has 2 aliphatic rings. The molecule has 1 aromatic carbocycles. The molecule has 152 valence electrons. The Labute approximate surface area is 159 Å². The summed E-state index contributed by atoms with van der Waals surface area (Å²) in [7, 11) is 0. The minimum absolute atomic E-state index is 0.226. The number of hydrogen-bond donors (Lipinski definition) is 4. The topological polar surface area (TPSA) is 109 Å². The van der Waals surface area contributed by atoms with Crippen LogP contribution in [-0.2, 0) is 11.2 Å². The molecule has 2 heterocycles. The first-order valence-corrected chi connectivity index (χ1v) is 9.36. The third kappa shape index (κ3) is 3.54. The normalized spacial score (nSPS) is 32.6. The van der Waals surface area contributed by atoms with Crippen molar-refractivity contribution in [1.82, 2.24) is 0 Å². The highest BCUT2D eigenvalue weighted by atomic mass is 16.7. The number of benzene rings is 1. The van der Waals surface area contributed by atoms with Crippen molar-refractivity contribution >= 4 is 0 Å². The predicted molar refractivity (Wildman–Crippen MR) is 98.1 cm³/mol. The van der Waals surface area contributed by atoms with Gasteiger partial charge in [0.2, 0.25) is 6.29 Å². The van der Waals surface area contributed by atoms with E-state index < -0.39 is 37.3 Å². The van der Waals surface area contributed by atoms with Crippen LogP contribution in [0.15, 0.2) is 0 Å². The van der Waals surface area contributed by atoms with Crippen molar-refractivity contribution in [2.45, 2.75) is 83.8 Å². The summed E-state index contributed by atoms with van der Waals surface area (Å²) in [5, 5.41) is 39.6. The second kappa shape index (κ2) is 7.22. The van der Waals surface area contributed by atoms with Gasteiger partial charge in [-0.3, -0.25) is 0 Å². The lowest BCUT2D eigenvalue weighted by Crippen LogP contribution is -2.60. The molecule has 0 amide bonds. The number of aliphatic hydroxyl groups is 4. The summed E-state index contributed by atoms with van der Waals surface area (Å²) in [4.78, 5) is 0. The third-order valence-electron chi connectivity index (χ3n) is 5.75. The summed E-state index contributed by atoms with van der Waals surface area (Å²) >= 11 is 0. The molecule has 2 aliphatic heterocycles. The molecule has 0 bridgehead atoms. The van der Waals surface area contributed by atoms with Crippen LogP contribution in [-0.4, -0.2) is 63.3 Å². The highest BCUT2D eigenvalue weighted by Gasteiger charge is 2.45. The lowest BCUT2D eigenvalue weighted by Gasteiger charge is -2.40. The predicted octanol–water partition coefficient (Wildman–Crippen LogP) is 0.894. The van der Waals surface area contributed by atoms with E-state index in [4.69, 9.17) is 14.2 Å². The molecule has 0 radical (unpaired) electrons. The Morgan fingerprint density at radius 2 is 1.67 bits per heavy atom. The highest BCUT2D eigenvalue weighted by Crippen LogP contribution is 2.44. The monoisotopic (exact) mass is 382 g/mol. The molecule has 5 atom stereocenters. The van der Waals surface area contributed by atoms with Gasteiger partial charge in [-0.2, -0.15) is 0 Å². The Bertz CT molecular complexity index is 713. The molecular weight excluding hydrogens is 352 g/mol. The van der Waals surface area contributed by atoms with E-state index in [2.05, 4.69) is 13.8 Å². The van der Waals surface area contributed by atoms with Gasteiger partial charge in [-0.05, 0) is 64.2 Å². The van der Waals surface area contributed by atoms with Gasteiger partial charge in [0.05, 0.1) is 6.61 Å². The fourth-order valence-corrected chi connectivity index (χ4v) is 3.81. The fraction of sp³-hybridized carbons (Fsp3) is 0.700. The standard InChI is InChI=1S/C20H30O7/c1-9-10(2)18-12(6-7-20(4,5)27-18)11(3)17(9)26-19-16(24)15(23)14(22)13(8-21)25-19/h13-16,19,21-24H,6-8H2,1-5H3/t13-,14+,15+,16-,19+/m1/s1. The van der Waals surface area contributed by atoms with Crippen LogP contribution in [0.1, 0.15) is 42.5 Å². The van der Waals surface area contributed by atoms with Gasteiger partial charge in [-0.1, -0.05) is 0 Å². The van der Waals surface area contributed by atoms with E-state index in [-0.39, 0.29) is 5.60 Å². The van der Waals surface area contributed by atoms with Gasteiger partial charge in [0.1, 0.15) is 41.5 Å². The van der Waals surface area contributed by atoms with Gasteiger partial charge in [-0.25, -0.2) is 0 Å². The molecule has 3 rings (SSSR count). The second-order valence-corrected chi connectivity index (χ2v) is 8.19. The number of fused-ring (bicyclic) bond motifs is 1. The van der Waals surface area contributed by atoms with Crippen molar-refractivity contribution in [3.63, 3.8) is 0 Å². The van der Waals surface area contributed by atoms with Crippen molar-refractivity contribution in [1.29, 1.82) is 0 Å². The van der Waals surface area contributed by atoms with E-state index in [1.54, 1.807) is 0 Å². The molecule has 0 saturated carbocycles. The molecule has 7 heteroatoms. The molecule has 0 spiro atoms. The maximum Gasteiger partial charge on any atom is 0.229 e. The average Bonchev–Trinajstić information content (AvgIpc) is 2.62. The Kier molecular flexibility index (Phi) is 5.44. The summed E-state index contributed by atoms with van der Waals surface area (Å²) < 4.78 is 17.7. The summed E-state index contributed by atoms with van der Waals surface area (Å²) in [6.07, 6.45) is -4.79. The zero-order valence-corrected chi connectivity index (χ0v) is 16.5. The molecule has 0 unspecified atom stereocenters. The molecule has 0 aliphatic carbocycles. The summed E-state index contributed by atoms with van der Waals surface area (Å²) in [6.45, 7) is 9.46. The fourth-order valence-electron chi connectivity index (χ4n) is 3.81. The van der Waals surface area contributed by atoms with Gasteiger partial charge in [-0.15, -0.1) is 0 Å². The van der Waals surface area contributed by atoms with Crippen molar-refractivity contribution in [2.24, 2.45) is 0 Å². The minimum Gasteiger partial charge on any atom is -0.487 e. The van der Waals surface area contributed by atoms with Crippen LogP contribution < -0.4 is 9.47 Å². The van der Waals surface area contributed by atoms with E-state index >= 15 is 0 Å². The minimum atomic E-state index is -1.47. The molecule has 7 nitrogen and oxygen atoms in total. The van der Waals surface area contributed by atoms with Gasteiger partial charge < -0.3 is 34.6 Å². The van der Waals surface area contributed by atoms with Crippen LogP contribution >= 0.6 is 0 Å². The van der Waals surface area contributed by atoms with E-state index in [9.17, 15) is 20.4 Å². The third-order valence-corrected chi connectivity index (χ3v) is 5.75. The van der Waals surface area contributed by atoms with Crippen LogP contribution in [0.25, 0.3) is 0 Å². The lowest BCUT2D eigenvalue weighted by molar-refractivity contribution is -0.277. The zero-order valence-electron chi connectivity index (χ0n) is 16.5. The maximum absolute atomic E-state index is 10.3. The first kappa shape index (κ1) is 20.4. The molecule has 1 saturated heterocycles. The van der Waals surface area contributed by atoms with Gasteiger partial charge in [0.15, 0.2) is 0 Å². The number of rotatable bonds is 3. The Morgan fingerprint density at radius 1 is 1.00 bits per heavy atom. The lowest BCUT2D eigenvalue weighted by atomic mass is 9.88. The molecule has 1 fully saturated rings. The molecule has 0 aromatic heterocycles. The van der Waals surface area contributed by atoms with E-state index in [1.165, 1.54) is 0 Å². The first-order valence-electron chi connectivity index (χ1n) is 9.36. The number of ether oxygens (including phenoxy) is 3. The van der Waals surface area contributed by atoms with Crippen LogP contribution in [0.5, 0.6) is 11.5 Å². The quantitative estimate of drug-likeness (QED) is 0.615. The molecule has 1 aromatic rings. The van der Waals surface area contributed by atoms with Crippen molar-refractivity contribution in [2.75, 3.05) is 6.61 Å². The second-order valence-electron chi connectivity index (χ2n) is 8.19. The smallest absolute Gasteiger partial charge is 0.229 e. The van der Waals surface area contributed by atoms with Gasteiger partial charge in [0.25, 0.3) is 0 Å². The Morgan fingerprint density at radius 3 is 2.30 bits per heavy atom. The van der Waals surface area contributed by atoms with E-state index in [1.807, 2.05) is 20.8 Å². The van der Waals surface area contributed by atoms with Gasteiger partial charge >= 0.3 is 0 Å². The number of aliphatic hydroxyl groups excluding tert-OH is 4. The van der Waals surface area contributed by atoms with Crippen LogP contribution in [0.4, 0.5) is 0 Å². The van der Waals surface area contributed by atoms with E-state index in [0.29, 0.717) is 5.75 Å². The molecule has 27 heavy (non-hydrogen) atoms. The van der Waals surface area contributed by atoms with Crippen LogP contribution in [0, 0.1) is 20.8 Å². The van der Waals surface area contributed by atoms with Crippen LogP contribution in [0.2, 0.25) is 0 Å². The first-order chi connectivity index (χ1) is 12.6. The van der Waals surface area contributed by atoms with Crippen molar-refractivity contribution in [3.8, 4) is 11.5 Å². The summed E-state index contributed by atoms with van der Waals surface area (Å²) in [5.74, 6) is 1.45. The Hall–Kier alpha value is -1.38. The summed E-state index contributed by atoms with van der Waals surface area (Å²) in [6, 6.07) is 0. The Balaban J connectivity index is 1.95. The summed E-state index contributed by atoms with van der Waals surface area (Å²) in [5.41, 5.74) is 3.57. The van der Waals surface area contributed by atoms with Crippen molar-refractivity contribution in [3.05, 3.63) is 22.3 Å².